The van der Waals surface area contributed by atoms with Gasteiger partial charge in [0, 0.05) is 6.61 Å². The third kappa shape index (κ3) is 4.93. The third-order valence-electron chi connectivity index (χ3n) is 15.2. The number of fused-ring (bicyclic) bond motifs is 7. The fourth-order valence-corrected chi connectivity index (χ4v) is 12.8. The van der Waals surface area contributed by atoms with E-state index >= 15 is 0 Å². The average Bonchev–Trinajstić information content (AvgIpc) is 3.35. The van der Waals surface area contributed by atoms with E-state index in [1.165, 1.54) is 12.8 Å². The molecule has 11 atom stereocenters. The summed E-state index contributed by atoms with van der Waals surface area (Å²) in [5, 5.41) is 24.2. The van der Waals surface area contributed by atoms with Gasteiger partial charge >= 0.3 is 5.97 Å². The van der Waals surface area contributed by atoms with E-state index in [1.807, 2.05) is 20.8 Å². The summed E-state index contributed by atoms with van der Waals surface area (Å²) in [5.41, 5.74) is 0.911. The lowest BCUT2D eigenvalue weighted by atomic mass is 9.32. The van der Waals surface area contributed by atoms with Crippen molar-refractivity contribution in [1.82, 2.24) is 5.32 Å². The standard InChI is InChI=1S/C38H63NO5/c1-10-44-22-24(4)25-13-18-38(33(43)39-27(32(41)42)21-23(2)3)20-19-36(8)26(31(25)38)11-12-29-35(7)16-15-30(40)34(5,6)28(35)14-17-37(29,36)9/h23,25-31,40H,4,10-22H2,1-3,5-9H3,(H,39,43)(H,41,42)/t25-,26+,27-,28-,29+,30-,31+,35-,36+,37+,38-/m0/s1. The Morgan fingerprint density at radius 2 is 1.61 bits per heavy atom. The van der Waals surface area contributed by atoms with Gasteiger partial charge in [-0.25, -0.2) is 4.79 Å². The van der Waals surface area contributed by atoms with E-state index in [-0.39, 0.29) is 51.4 Å². The molecule has 0 spiro atoms. The minimum Gasteiger partial charge on any atom is -0.480 e. The van der Waals surface area contributed by atoms with Crippen molar-refractivity contribution < 1.29 is 24.5 Å². The van der Waals surface area contributed by atoms with E-state index in [0.29, 0.717) is 37.4 Å². The molecule has 0 unspecified atom stereocenters. The Morgan fingerprint density at radius 1 is 0.909 bits per heavy atom. The number of nitrogens with one attached hydrogen (secondary N) is 1. The van der Waals surface area contributed by atoms with Crippen molar-refractivity contribution in [3.63, 3.8) is 0 Å². The molecule has 0 aromatic rings. The molecule has 0 aromatic heterocycles. The number of hydrogen-bond acceptors (Lipinski definition) is 4. The molecule has 6 heteroatoms. The summed E-state index contributed by atoms with van der Waals surface area (Å²) >= 11 is 0. The van der Waals surface area contributed by atoms with Gasteiger partial charge < -0.3 is 20.3 Å². The van der Waals surface area contributed by atoms with Crippen LogP contribution in [-0.4, -0.2) is 47.4 Å². The number of carbonyl (C=O) groups is 2. The van der Waals surface area contributed by atoms with E-state index in [9.17, 15) is 19.8 Å². The molecular weight excluding hydrogens is 550 g/mol. The third-order valence-corrected chi connectivity index (χ3v) is 15.2. The quantitative estimate of drug-likeness (QED) is 0.232. The van der Waals surface area contributed by atoms with Crippen molar-refractivity contribution in [2.45, 2.75) is 138 Å². The Bertz CT molecular complexity index is 1130. The number of hydrogen-bond donors (Lipinski definition) is 3. The largest absolute Gasteiger partial charge is 0.480 e. The van der Waals surface area contributed by atoms with Gasteiger partial charge in [-0.05, 0) is 140 Å². The number of carbonyl (C=O) groups excluding carboxylic acids is 1. The van der Waals surface area contributed by atoms with Gasteiger partial charge in [-0.3, -0.25) is 4.79 Å². The second-order valence-corrected chi connectivity index (χ2v) is 17.7. The molecule has 0 radical (unpaired) electrons. The smallest absolute Gasteiger partial charge is 0.326 e. The van der Waals surface area contributed by atoms with Crippen LogP contribution in [0.15, 0.2) is 12.2 Å². The van der Waals surface area contributed by atoms with E-state index in [1.54, 1.807) is 0 Å². The molecule has 5 aliphatic rings. The van der Waals surface area contributed by atoms with Crippen LogP contribution in [0.1, 0.15) is 126 Å². The van der Waals surface area contributed by atoms with Crippen LogP contribution in [0.3, 0.4) is 0 Å². The Kier molecular flexibility index (Phi) is 9.02. The Balaban J connectivity index is 1.52. The van der Waals surface area contributed by atoms with Crippen LogP contribution in [0.25, 0.3) is 0 Å². The normalized spacial score (nSPS) is 45.0. The van der Waals surface area contributed by atoms with Crippen LogP contribution in [0.5, 0.6) is 0 Å². The summed E-state index contributed by atoms with van der Waals surface area (Å²) < 4.78 is 5.89. The van der Waals surface area contributed by atoms with Gasteiger partial charge in [0.2, 0.25) is 5.91 Å². The van der Waals surface area contributed by atoms with Crippen LogP contribution >= 0.6 is 0 Å². The van der Waals surface area contributed by atoms with Gasteiger partial charge in [-0.2, -0.15) is 0 Å². The molecule has 5 fully saturated rings. The van der Waals surface area contributed by atoms with Gasteiger partial charge in [0.25, 0.3) is 0 Å². The molecule has 250 valence electrons. The maximum Gasteiger partial charge on any atom is 0.326 e. The Labute approximate surface area is 267 Å². The van der Waals surface area contributed by atoms with E-state index in [0.717, 1.165) is 56.9 Å². The molecule has 0 saturated heterocycles. The Morgan fingerprint density at radius 3 is 2.25 bits per heavy atom. The number of amides is 1. The van der Waals surface area contributed by atoms with Gasteiger partial charge in [-0.1, -0.05) is 55.0 Å². The van der Waals surface area contributed by atoms with Crippen molar-refractivity contribution in [2.24, 2.45) is 62.6 Å². The fraction of sp³-hybridized carbons (Fsp3) is 0.895. The predicted molar refractivity (Wildman–Crippen MR) is 175 cm³/mol. The highest BCUT2D eigenvalue weighted by Crippen LogP contribution is 2.77. The number of carboxylic acids is 1. The predicted octanol–water partition coefficient (Wildman–Crippen LogP) is 7.64. The molecule has 0 bridgehead atoms. The minimum absolute atomic E-state index is 0.0322. The van der Waals surface area contributed by atoms with Crippen molar-refractivity contribution in [3.8, 4) is 0 Å². The maximum atomic E-state index is 14.5. The lowest BCUT2D eigenvalue weighted by molar-refractivity contribution is -0.246. The maximum absolute atomic E-state index is 14.5. The first kappa shape index (κ1) is 33.9. The molecule has 44 heavy (non-hydrogen) atoms. The first-order valence-electron chi connectivity index (χ1n) is 18.0. The SMILES string of the molecule is C=C(COCC)[C@@H]1CC[C@]2(C(=O)N[C@@H](CC(C)C)C(=O)O)CC[C@]3(C)[C@H](CC[C@@H]4[C@@]5(C)CC[C@H](O)C(C)(C)[C@@H]5CC[C@]43C)[C@@H]12. The second-order valence-electron chi connectivity index (χ2n) is 17.7. The minimum atomic E-state index is -0.936. The number of ether oxygens (including phenoxy) is 1. The number of carboxylic acid groups (broad SMARTS) is 1. The number of aliphatic hydroxyl groups excluding tert-OH is 1. The summed E-state index contributed by atoms with van der Waals surface area (Å²) in [6, 6.07) is -0.856. The monoisotopic (exact) mass is 613 g/mol. The highest BCUT2D eigenvalue weighted by molar-refractivity contribution is 5.88. The molecule has 3 N–H and O–H groups in total. The molecule has 5 rings (SSSR count). The average molecular weight is 614 g/mol. The summed E-state index contributed by atoms with van der Waals surface area (Å²) in [6.07, 6.45) is 10.3. The number of aliphatic carboxylic acids is 1. The van der Waals surface area contributed by atoms with Crippen LogP contribution in [0.2, 0.25) is 0 Å². The topological polar surface area (TPSA) is 95.9 Å². The van der Waals surface area contributed by atoms with Crippen LogP contribution in [-0.2, 0) is 14.3 Å². The van der Waals surface area contributed by atoms with Gasteiger partial charge in [-0.15, -0.1) is 0 Å². The zero-order chi connectivity index (χ0) is 32.5. The number of rotatable bonds is 9. The van der Waals surface area contributed by atoms with E-state index in [4.69, 9.17) is 4.74 Å². The van der Waals surface area contributed by atoms with Crippen molar-refractivity contribution in [2.75, 3.05) is 13.2 Å². The number of aliphatic hydroxyl groups is 1. The molecule has 1 amide bonds. The van der Waals surface area contributed by atoms with Crippen molar-refractivity contribution >= 4 is 11.9 Å². The molecule has 6 nitrogen and oxygen atoms in total. The van der Waals surface area contributed by atoms with E-state index < -0.39 is 17.4 Å². The zero-order valence-corrected chi connectivity index (χ0v) is 29.1. The molecule has 5 saturated carbocycles. The second kappa shape index (κ2) is 11.7. The zero-order valence-electron chi connectivity index (χ0n) is 29.1. The summed E-state index contributed by atoms with van der Waals surface area (Å²) in [6.45, 7) is 24.1. The molecule has 0 aromatic carbocycles. The van der Waals surface area contributed by atoms with Gasteiger partial charge in [0.15, 0.2) is 0 Å². The highest BCUT2D eigenvalue weighted by Gasteiger charge is 2.72. The van der Waals surface area contributed by atoms with E-state index in [2.05, 4.69) is 46.5 Å². The summed E-state index contributed by atoms with van der Waals surface area (Å²) in [5.74, 6) is 1.06. The van der Waals surface area contributed by atoms with Gasteiger partial charge in [0.1, 0.15) is 6.04 Å². The van der Waals surface area contributed by atoms with Crippen LogP contribution in [0.4, 0.5) is 0 Å². The van der Waals surface area contributed by atoms with Crippen LogP contribution < -0.4 is 5.32 Å². The molecule has 0 heterocycles. The summed E-state index contributed by atoms with van der Waals surface area (Å²) in [4.78, 5) is 26.8. The first-order chi connectivity index (χ1) is 20.5. The van der Waals surface area contributed by atoms with Crippen molar-refractivity contribution in [1.29, 1.82) is 0 Å². The fourth-order valence-electron chi connectivity index (χ4n) is 12.8. The van der Waals surface area contributed by atoms with Gasteiger partial charge in [0.05, 0.1) is 18.1 Å². The summed E-state index contributed by atoms with van der Waals surface area (Å²) in [7, 11) is 0. The molecule has 0 aliphatic heterocycles. The molecular formula is C38H63NO5. The molecule has 5 aliphatic carbocycles. The lowest BCUT2D eigenvalue weighted by Gasteiger charge is -2.72. The first-order valence-corrected chi connectivity index (χ1v) is 18.0. The van der Waals surface area contributed by atoms with Crippen molar-refractivity contribution in [3.05, 3.63) is 12.2 Å². The highest BCUT2D eigenvalue weighted by atomic mass is 16.5. The van der Waals surface area contributed by atoms with Crippen LogP contribution in [0, 0.1) is 62.6 Å². The Hall–Kier alpha value is -1.40. The lowest BCUT2D eigenvalue weighted by Crippen LogP contribution is -2.67.